The van der Waals surface area contributed by atoms with Gasteiger partial charge in [0.25, 0.3) is 11.5 Å². The molecule has 0 N–H and O–H groups in total. The SMILES string of the molecule is CCCN1C(=O)/C(=C/c2c(N3CCCC3)nc3c(C)cccn3c2=O)SC1=S. The van der Waals surface area contributed by atoms with Crippen LogP contribution < -0.4 is 10.5 Å². The van der Waals surface area contributed by atoms with Crippen molar-refractivity contribution in [2.75, 3.05) is 24.5 Å². The molecule has 2 aliphatic heterocycles. The summed E-state index contributed by atoms with van der Waals surface area (Å²) in [6.07, 6.45) is 6.40. The van der Waals surface area contributed by atoms with Crippen LogP contribution in [0.3, 0.4) is 0 Å². The van der Waals surface area contributed by atoms with E-state index >= 15 is 0 Å². The van der Waals surface area contributed by atoms with Gasteiger partial charge < -0.3 is 4.90 Å². The minimum atomic E-state index is -0.156. The van der Waals surface area contributed by atoms with E-state index in [2.05, 4.69) is 4.90 Å². The Kier molecular flexibility index (Phi) is 5.25. The van der Waals surface area contributed by atoms with Gasteiger partial charge in [-0.2, -0.15) is 0 Å². The summed E-state index contributed by atoms with van der Waals surface area (Å²) >= 11 is 6.62. The molecule has 0 radical (unpaired) electrons. The third-order valence-electron chi connectivity index (χ3n) is 5.07. The van der Waals surface area contributed by atoms with E-state index in [1.165, 1.54) is 11.8 Å². The topological polar surface area (TPSA) is 57.9 Å². The number of fused-ring (bicyclic) bond motifs is 1. The fourth-order valence-electron chi connectivity index (χ4n) is 3.64. The zero-order valence-corrected chi connectivity index (χ0v) is 17.6. The average molecular weight is 415 g/mol. The van der Waals surface area contributed by atoms with E-state index in [4.69, 9.17) is 17.2 Å². The molecule has 1 amide bonds. The Bertz CT molecular complexity index is 1050. The molecule has 4 rings (SSSR count). The Hall–Kier alpha value is -2.19. The number of anilines is 1. The highest BCUT2D eigenvalue weighted by molar-refractivity contribution is 8.26. The number of amides is 1. The van der Waals surface area contributed by atoms with Crippen molar-refractivity contribution in [1.29, 1.82) is 0 Å². The lowest BCUT2D eigenvalue weighted by Crippen LogP contribution is -2.29. The van der Waals surface area contributed by atoms with Crippen molar-refractivity contribution in [2.24, 2.45) is 0 Å². The van der Waals surface area contributed by atoms with E-state index in [9.17, 15) is 9.59 Å². The zero-order valence-electron chi connectivity index (χ0n) is 16.0. The van der Waals surface area contributed by atoms with Gasteiger partial charge >= 0.3 is 0 Å². The predicted octanol–water partition coefficient (Wildman–Crippen LogP) is 3.21. The van der Waals surface area contributed by atoms with Crippen LogP contribution in [0, 0.1) is 6.92 Å². The number of aromatic nitrogens is 2. The Morgan fingerprint density at radius 1 is 1.29 bits per heavy atom. The summed E-state index contributed by atoms with van der Waals surface area (Å²) in [4.78, 5) is 35.2. The molecule has 4 heterocycles. The minimum Gasteiger partial charge on any atom is -0.356 e. The van der Waals surface area contributed by atoms with Crippen LogP contribution in [0.4, 0.5) is 5.82 Å². The van der Waals surface area contributed by atoms with Crippen LogP contribution in [0.5, 0.6) is 0 Å². The van der Waals surface area contributed by atoms with Gasteiger partial charge in [0.15, 0.2) is 0 Å². The van der Waals surface area contributed by atoms with E-state index in [1.807, 2.05) is 26.0 Å². The Morgan fingerprint density at radius 2 is 2.04 bits per heavy atom. The number of rotatable bonds is 4. The first-order valence-electron chi connectivity index (χ1n) is 9.53. The van der Waals surface area contributed by atoms with Gasteiger partial charge in [-0.3, -0.25) is 18.9 Å². The lowest BCUT2D eigenvalue weighted by molar-refractivity contribution is -0.122. The summed E-state index contributed by atoms with van der Waals surface area (Å²) in [5, 5.41) is 0. The minimum absolute atomic E-state index is 0.127. The first kappa shape index (κ1) is 19.1. The maximum absolute atomic E-state index is 13.3. The van der Waals surface area contributed by atoms with Gasteiger partial charge in [-0.25, -0.2) is 4.98 Å². The Morgan fingerprint density at radius 3 is 2.75 bits per heavy atom. The second-order valence-electron chi connectivity index (χ2n) is 7.07. The number of pyridine rings is 1. The molecule has 2 saturated heterocycles. The average Bonchev–Trinajstić information content (AvgIpc) is 3.29. The van der Waals surface area contributed by atoms with Gasteiger partial charge in [0, 0.05) is 25.8 Å². The zero-order chi connectivity index (χ0) is 19.8. The number of carbonyl (C=O) groups is 1. The van der Waals surface area contributed by atoms with Crippen molar-refractivity contribution < 1.29 is 4.79 Å². The van der Waals surface area contributed by atoms with Crippen LogP contribution in [0.15, 0.2) is 28.0 Å². The van der Waals surface area contributed by atoms with Crippen LogP contribution in [-0.4, -0.2) is 44.1 Å². The van der Waals surface area contributed by atoms with Gasteiger partial charge in [-0.1, -0.05) is 37.0 Å². The summed E-state index contributed by atoms with van der Waals surface area (Å²) in [7, 11) is 0. The number of aryl methyl sites for hydroxylation is 1. The number of nitrogens with zero attached hydrogens (tertiary/aromatic N) is 4. The summed E-state index contributed by atoms with van der Waals surface area (Å²) in [5.41, 5.74) is 1.91. The molecule has 2 aliphatic rings. The molecule has 146 valence electrons. The molecule has 2 aromatic rings. The van der Waals surface area contributed by atoms with E-state index < -0.39 is 0 Å². The summed E-state index contributed by atoms with van der Waals surface area (Å²) in [6.45, 7) is 6.29. The molecule has 0 unspecified atom stereocenters. The van der Waals surface area contributed by atoms with Crippen LogP contribution in [-0.2, 0) is 4.79 Å². The summed E-state index contributed by atoms with van der Waals surface area (Å²) in [6, 6.07) is 3.79. The first-order chi connectivity index (χ1) is 13.5. The molecular weight excluding hydrogens is 392 g/mol. The third kappa shape index (κ3) is 3.24. The quantitative estimate of drug-likeness (QED) is 0.566. The number of hydrogen-bond donors (Lipinski definition) is 0. The van der Waals surface area contributed by atoms with E-state index in [-0.39, 0.29) is 11.5 Å². The molecule has 28 heavy (non-hydrogen) atoms. The van der Waals surface area contributed by atoms with Gasteiger partial charge in [0.1, 0.15) is 15.8 Å². The van der Waals surface area contributed by atoms with E-state index in [0.717, 1.165) is 37.9 Å². The van der Waals surface area contributed by atoms with Crippen molar-refractivity contribution >= 4 is 51.7 Å². The largest absolute Gasteiger partial charge is 0.356 e. The lowest BCUT2D eigenvalue weighted by Gasteiger charge is -2.20. The van der Waals surface area contributed by atoms with Crippen LogP contribution in [0.1, 0.15) is 37.3 Å². The molecule has 2 fully saturated rings. The second kappa shape index (κ2) is 7.67. The Labute approximate surface area is 173 Å². The smallest absolute Gasteiger partial charge is 0.267 e. The van der Waals surface area contributed by atoms with E-state index in [1.54, 1.807) is 21.6 Å². The second-order valence-corrected chi connectivity index (χ2v) is 8.74. The maximum Gasteiger partial charge on any atom is 0.267 e. The number of thioether (sulfide) groups is 1. The first-order valence-corrected chi connectivity index (χ1v) is 10.8. The molecule has 0 spiro atoms. The summed E-state index contributed by atoms with van der Waals surface area (Å²) < 4.78 is 2.11. The standard InChI is InChI=1S/C20H22N4O2S2/c1-3-8-24-19(26)15(28-20(24)27)12-14-17(22-9-4-5-10-22)21-16-13(2)7-6-11-23(16)18(14)25/h6-7,11-12H,3-5,8-10H2,1-2H3/b15-12-. The van der Waals surface area contributed by atoms with E-state index in [0.29, 0.717) is 32.8 Å². The molecule has 6 nitrogen and oxygen atoms in total. The monoisotopic (exact) mass is 414 g/mol. The lowest BCUT2D eigenvalue weighted by atomic mass is 10.2. The summed E-state index contributed by atoms with van der Waals surface area (Å²) in [5.74, 6) is 0.538. The number of thiocarbonyl (C=S) groups is 1. The van der Waals surface area contributed by atoms with Crippen LogP contribution >= 0.6 is 24.0 Å². The third-order valence-corrected chi connectivity index (χ3v) is 6.44. The predicted molar refractivity (Wildman–Crippen MR) is 118 cm³/mol. The number of hydrogen-bond acceptors (Lipinski definition) is 6. The Balaban J connectivity index is 1.89. The van der Waals surface area contributed by atoms with Crippen molar-refractivity contribution in [3.05, 3.63) is 44.7 Å². The molecule has 0 aromatic carbocycles. The highest BCUT2D eigenvalue weighted by atomic mass is 32.2. The van der Waals surface area contributed by atoms with Crippen molar-refractivity contribution in [3.63, 3.8) is 0 Å². The highest BCUT2D eigenvalue weighted by Crippen LogP contribution is 2.34. The molecule has 2 aromatic heterocycles. The molecule has 0 bridgehead atoms. The van der Waals surface area contributed by atoms with Crippen molar-refractivity contribution in [3.8, 4) is 0 Å². The molecule has 0 saturated carbocycles. The highest BCUT2D eigenvalue weighted by Gasteiger charge is 2.32. The van der Waals surface area contributed by atoms with Gasteiger partial charge in [0.05, 0.1) is 10.5 Å². The normalized spacial score (nSPS) is 18.9. The molecule has 8 heteroatoms. The van der Waals surface area contributed by atoms with Gasteiger partial charge in [-0.15, -0.1) is 0 Å². The molecular formula is C20H22N4O2S2. The number of carbonyl (C=O) groups excluding carboxylic acids is 1. The van der Waals surface area contributed by atoms with Gasteiger partial charge in [-0.05, 0) is 43.9 Å². The molecule has 0 aliphatic carbocycles. The fourth-order valence-corrected chi connectivity index (χ4v) is 4.93. The molecule has 0 atom stereocenters. The van der Waals surface area contributed by atoms with Crippen molar-refractivity contribution in [2.45, 2.75) is 33.1 Å². The van der Waals surface area contributed by atoms with Gasteiger partial charge in [0.2, 0.25) is 0 Å². The maximum atomic E-state index is 13.3. The van der Waals surface area contributed by atoms with Crippen LogP contribution in [0.2, 0.25) is 0 Å². The fraction of sp³-hybridized carbons (Fsp3) is 0.400. The van der Waals surface area contributed by atoms with Crippen LogP contribution in [0.25, 0.3) is 11.7 Å². The van der Waals surface area contributed by atoms with Crippen molar-refractivity contribution in [1.82, 2.24) is 14.3 Å².